The molecule has 0 bridgehead atoms. The minimum absolute atomic E-state index is 0.110. The number of hydrogen-bond acceptors (Lipinski definition) is 4. The van der Waals surface area contributed by atoms with Gasteiger partial charge < -0.3 is 9.80 Å². The van der Waals surface area contributed by atoms with Crippen molar-refractivity contribution in [3.63, 3.8) is 0 Å². The predicted molar refractivity (Wildman–Crippen MR) is 83.3 cm³/mol. The summed E-state index contributed by atoms with van der Waals surface area (Å²) in [5, 5.41) is -1.25. The van der Waals surface area contributed by atoms with Crippen LogP contribution in [0.2, 0.25) is 0 Å². The van der Waals surface area contributed by atoms with Gasteiger partial charge in [0.25, 0.3) is 0 Å². The molecule has 0 saturated carbocycles. The van der Waals surface area contributed by atoms with E-state index in [1.807, 2.05) is 18.2 Å². The number of rotatable bonds is 3. The lowest BCUT2D eigenvalue weighted by Gasteiger charge is -2.29. The fraction of sp³-hybridized carbons (Fsp3) is 0.533. The fourth-order valence-corrected chi connectivity index (χ4v) is 3.79. The molecule has 1 aromatic rings. The van der Waals surface area contributed by atoms with Gasteiger partial charge in [-0.25, -0.2) is 0 Å². The summed E-state index contributed by atoms with van der Waals surface area (Å²) in [6, 6.07) is 7.48. The molecule has 0 radical (unpaired) electrons. The summed E-state index contributed by atoms with van der Waals surface area (Å²) in [5.41, 5.74) is 1.66. The zero-order valence-corrected chi connectivity index (χ0v) is 13.1. The fourth-order valence-electron chi connectivity index (χ4n) is 3.12. The summed E-state index contributed by atoms with van der Waals surface area (Å²) in [5.74, 6) is -0.345. The Labute approximate surface area is 129 Å². The molecule has 0 aliphatic carbocycles. The van der Waals surface area contributed by atoms with Crippen LogP contribution in [0, 0.1) is 0 Å². The van der Waals surface area contributed by atoms with Crippen LogP contribution in [-0.4, -0.2) is 39.2 Å². The maximum absolute atomic E-state index is 13.1. The second-order valence-electron chi connectivity index (χ2n) is 5.87. The first-order valence-electron chi connectivity index (χ1n) is 7.54. The lowest BCUT2D eigenvalue weighted by molar-refractivity contribution is -0.117. The van der Waals surface area contributed by atoms with Gasteiger partial charge in [0.2, 0.25) is 5.91 Å². The largest absolute Gasteiger partial charge is 0.371 e. The first-order chi connectivity index (χ1) is 10.4. The number of carbonyl (C=O) groups is 1. The van der Waals surface area contributed by atoms with E-state index in [1.54, 1.807) is 6.07 Å². The average Bonchev–Trinajstić information content (AvgIpc) is 2.90. The summed E-state index contributed by atoms with van der Waals surface area (Å²) in [7, 11) is -4.68. The molecule has 7 heteroatoms. The highest BCUT2D eigenvalue weighted by Crippen LogP contribution is 2.29. The molecular weight excluding hydrogens is 307 g/mol. The van der Waals surface area contributed by atoms with Crippen LogP contribution < -0.4 is 9.80 Å². The van der Waals surface area contributed by atoms with E-state index in [1.165, 1.54) is 11.3 Å². The second kappa shape index (κ2) is 5.87. The van der Waals surface area contributed by atoms with Crippen molar-refractivity contribution >= 4 is 27.5 Å². The van der Waals surface area contributed by atoms with Crippen LogP contribution in [0.1, 0.15) is 25.7 Å². The zero-order chi connectivity index (χ0) is 15.7. The van der Waals surface area contributed by atoms with Gasteiger partial charge in [-0.15, -0.1) is 3.89 Å². The van der Waals surface area contributed by atoms with E-state index in [4.69, 9.17) is 0 Å². The van der Waals surface area contributed by atoms with E-state index in [0.717, 1.165) is 31.6 Å². The average molecular weight is 326 g/mol. The molecule has 2 aliphatic rings. The number of anilines is 2. The van der Waals surface area contributed by atoms with E-state index >= 15 is 0 Å². The van der Waals surface area contributed by atoms with Crippen molar-refractivity contribution < 1.29 is 17.1 Å². The molecule has 120 valence electrons. The lowest BCUT2D eigenvalue weighted by Crippen LogP contribution is -2.30. The van der Waals surface area contributed by atoms with Crippen molar-refractivity contribution in [2.45, 2.75) is 30.9 Å². The highest BCUT2D eigenvalue weighted by Gasteiger charge is 2.39. The highest BCUT2D eigenvalue weighted by molar-refractivity contribution is 7.87. The quantitative estimate of drug-likeness (QED) is 0.798. The van der Waals surface area contributed by atoms with E-state index in [-0.39, 0.29) is 18.9 Å². The molecule has 0 N–H and O–H groups in total. The topological polar surface area (TPSA) is 57.7 Å². The SMILES string of the molecule is O=C1CC(S(=O)(=O)F)CN1c1cccc(N2CCCCC2)c1. The molecule has 1 unspecified atom stereocenters. The highest BCUT2D eigenvalue weighted by atomic mass is 32.3. The predicted octanol–water partition coefficient (Wildman–Crippen LogP) is 2.08. The molecular formula is C15H19FN2O3S. The Kier molecular flexibility index (Phi) is 4.08. The number of nitrogens with zero attached hydrogens (tertiary/aromatic N) is 2. The molecule has 2 fully saturated rings. The Bertz CT molecular complexity index is 671. The zero-order valence-electron chi connectivity index (χ0n) is 12.2. The summed E-state index contributed by atoms with van der Waals surface area (Å²) in [6.07, 6.45) is 3.24. The molecule has 2 saturated heterocycles. The van der Waals surface area contributed by atoms with Gasteiger partial charge >= 0.3 is 10.2 Å². The molecule has 2 heterocycles. The van der Waals surface area contributed by atoms with Gasteiger partial charge in [0.15, 0.2) is 0 Å². The smallest absolute Gasteiger partial charge is 0.307 e. The number of piperidine rings is 1. The van der Waals surface area contributed by atoms with Crippen molar-refractivity contribution in [2.24, 2.45) is 0 Å². The van der Waals surface area contributed by atoms with Crippen molar-refractivity contribution in [1.82, 2.24) is 0 Å². The van der Waals surface area contributed by atoms with Gasteiger partial charge in [-0.3, -0.25) is 4.79 Å². The van der Waals surface area contributed by atoms with Crippen LogP contribution in [0.3, 0.4) is 0 Å². The number of hydrogen-bond donors (Lipinski definition) is 0. The normalized spacial score (nSPS) is 23.1. The molecule has 2 aliphatic heterocycles. The molecule has 1 aromatic carbocycles. The summed E-state index contributed by atoms with van der Waals surface area (Å²) < 4.78 is 35.1. The Morgan fingerprint density at radius 3 is 2.41 bits per heavy atom. The van der Waals surface area contributed by atoms with Gasteiger partial charge in [-0.05, 0) is 37.5 Å². The lowest BCUT2D eigenvalue weighted by atomic mass is 10.1. The van der Waals surface area contributed by atoms with E-state index in [0.29, 0.717) is 5.69 Å². The van der Waals surface area contributed by atoms with Gasteiger partial charge in [0, 0.05) is 37.4 Å². The number of benzene rings is 1. The number of amides is 1. The second-order valence-corrected chi connectivity index (χ2v) is 7.49. The van der Waals surface area contributed by atoms with Crippen molar-refractivity contribution in [3.05, 3.63) is 24.3 Å². The third-order valence-electron chi connectivity index (χ3n) is 4.35. The molecule has 0 spiro atoms. The third kappa shape index (κ3) is 3.09. The Morgan fingerprint density at radius 2 is 1.77 bits per heavy atom. The molecule has 1 atom stereocenters. The maximum Gasteiger partial charge on any atom is 0.307 e. The van der Waals surface area contributed by atoms with Gasteiger partial charge in [-0.2, -0.15) is 8.42 Å². The van der Waals surface area contributed by atoms with Crippen molar-refractivity contribution in [2.75, 3.05) is 29.4 Å². The van der Waals surface area contributed by atoms with Crippen LogP contribution >= 0.6 is 0 Å². The Balaban J connectivity index is 1.81. The standard InChI is InChI=1S/C15H19FN2O3S/c16-22(20,21)14-10-15(19)18(11-14)13-6-4-5-12(9-13)17-7-2-1-3-8-17/h4-6,9,14H,1-3,7-8,10-11H2. The van der Waals surface area contributed by atoms with Crippen molar-refractivity contribution in [1.29, 1.82) is 0 Å². The Hall–Kier alpha value is -1.63. The van der Waals surface area contributed by atoms with E-state index in [2.05, 4.69) is 4.90 Å². The molecule has 0 aromatic heterocycles. The first kappa shape index (κ1) is 15.3. The van der Waals surface area contributed by atoms with Gasteiger partial charge in [0.1, 0.15) is 5.25 Å². The maximum atomic E-state index is 13.1. The van der Waals surface area contributed by atoms with E-state index < -0.39 is 15.5 Å². The molecule has 1 amide bonds. The summed E-state index contributed by atoms with van der Waals surface area (Å²) in [6.45, 7) is 1.86. The van der Waals surface area contributed by atoms with Crippen LogP contribution in [-0.2, 0) is 15.0 Å². The third-order valence-corrected chi connectivity index (χ3v) is 5.46. The van der Waals surface area contributed by atoms with Crippen LogP contribution in [0.25, 0.3) is 0 Å². The number of carbonyl (C=O) groups excluding carboxylic acids is 1. The van der Waals surface area contributed by atoms with Crippen molar-refractivity contribution in [3.8, 4) is 0 Å². The van der Waals surface area contributed by atoms with Crippen LogP contribution in [0.4, 0.5) is 15.3 Å². The van der Waals surface area contributed by atoms with Gasteiger partial charge in [0.05, 0.1) is 0 Å². The minimum Gasteiger partial charge on any atom is -0.371 e. The van der Waals surface area contributed by atoms with E-state index in [9.17, 15) is 17.1 Å². The Morgan fingerprint density at radius 1 is 1.09 bits per heavy atom. The number of halogens is 1. The molecule has 22 heavy (non-hydrogen) atoms. The van der Waals surface area contributed by atoms with Gasteiger partial charge in [-0.1, -0.05) is 6.07 Å². The monoisotopic (exact) mass is 326 g/mol. The minimum atomic E-state index is -4.68. The molecule has 5 nitrogen and oxygen atoms in total. The van der Waals surface area contributed by atoms with Crippen LogP contribution in [0.5, 0.6) is 0 Å². The first-order valence-corrected chi connectivity index (χ1v) is 8.99. The summed E-state index contributed by atoms with van der Waals surface area (Å²) >= 11 is 0. The molecule has 3 rings (SSSR count). The van der Waals surface area contributed by atoms with Crippen LogP contribution in [0.15, 0.2) is 24.3 Å². The summed E-state index contributed by atoms with van der Waals surface area (Å²) in [4.78, 5) is 15.6.